The predicted molar refractivity (Wildman–Crippen MR) is 63.9 cm³/mol. The molecule has 0 spiro atoms. The average molecular weight is 242 g/mol. The largest absolute Gasteiger partial charge is 0.495 e. The van der Waals surface area contributed by atoms with Crippen LogP contribution in [0.25, 0.3) is 0 Å². The van der Waals surface area contributed by atoms with Crippen LogP contribution in [0.15, 0.2) is 18.2 Å². The normalized spacial score (nSPS) is 25.4. The van der Waals surface area contributed by atoms with E-state index in [1.54, 1.807) is 7.11 Å². The van der Waals surface area contributed by atoms with Crippen molar-refractivity contribution < 1.29 is 9.47 Å². The van der Waals surface area contributed by atoms with Crippen LogP contribution in [0, 0.1) is 0 Å². The molecule has 3 nitrogen and oxygen atoms in total. The van der Waals surface area contributed by atoms with Crippen LogP contribution >= 0.6 is 11.6 Å². The van der Waals surface area contributed by atoms with Gasteiger partial charge in [-0.15, -0.1) is 0 Å². The van der Waals surface area contributed by atoms with Crippen LogP contribution in [0.1, 0.15) is 18.4 Å². The molecule has 0 amide bonds. The topological polar surface area (TPSA) is 44.5 Å². The van der Waals surface area contributed by atoms with Gasteiger partial charge in [-0.05, 0) is 30.5 Å². The molecule has 0 saturated carbocycles. The summed E-state index contributed by atoms with van der Waals surface area (Å²) < 4.78 is 10.6. The van der Waals surface area contributed by atoms with Gasteiger partial charge >= 0.3 is 0 Å². The maximum absolute atomic E-state index is 6.33. The molecule has 16 heavy (non-hydrogen) atoms. The number of benzene rings is 1. The molecule has 0 bridgehead atoms. The van der Waals surface area contributed by atoms with Crippen LogP contribution in [0.4, 0.5) is 0 Å². The molecule has 1 aliphatic heterocycles. The Hall–Kier alpha value is -0.770. The van der Waals surface area contributed by atoms with Crippen LogP contribution in [-0.4, -0.2) is 20.3 Å². The first-order chi connectivity index (χ1) is 7.65. The van der Waals surface area contributed by atoms with Crippen molar-refractivity contribution in [1.82, 2.24) is 0 Å². The minimum absolute atomic E-state index is 0.407. The van der Waals surface area contributed by atoms with Gasteiger partial charge in [-0.3, -0.25) is 0 Å². The highest BCUT2D eigenvalue weighted by Crippen LogP contribution is 2.33. The second kappa shape index (κ2) is 4.62. The summed E-state index contributed by atoms with van der Waals surface area (Å²) in [7, 11) is 1.60. The fraction of sp³-hybridized carbons (Fsp3) is 0.500. The van der Waals surface area contributed by atoms with E-state index in [0.29, 0.717) is 17.4 Å². The number of ether oxygens (including phenoxy) is 2. The number of hydrogen-bond acceptors (Lipinski definition) is 3. The van der Waals surface area contributed by atoms with E-state index in [9.17, 15) is 0 Å². The summed E-state index contributed by atoms with van der Waals surface area (Å²) in [5.41, 5.74) is 6.95. The number of hydrogen-bond donors (Lipinski definition) is 1. The molecule has 1 unspecified atom stereocenters. The Morgan fingerprint density at radius 1 is 1.50 bits per heavy atom. The molecule has 88 valence electrons. The Morgan fingerprint density at radius 3 is 2.94 bits per heavy atom. The van der Waals surface area contributed by atoms with Crippen LogP contribution in [0.5, 0.6) is 5.75 Å². The molecule has 1 aromatic rings. The zero-order chi connectivity index (χ0) is 11.6. The molecule has 2 N–H and O–H groups in total. The van der Waals surface area contributed by atoms with E-state index in [2.05, 4.69) is 0 Å². The van der Waals surface area contributed by atoms with E-state index in [-0.39, 0.29) is 0 Å². The summed E-state index contributed by atoms with van der Waals surface area (Å²) in [5.74, 6) is 0.662. The van der Waals surface area contributed by atoms with Crippen LogP contribution in [0.2, 0.25) is 5.02 Å². The van der Waals surface area contributed by atoms with E-state index in [4.69, 9.17) is 26.8 Å². The van der Waals surface area contributed by atoms with Crippen molar-refractivity contribution in [2.75, 3.05) is 20.3 Å². The van der Waals surface area contributed by atoms with Crippen molar-refractivity contribution >= 4 is 11.6 Å². The number of methoxy groups -OCH3 is 1. The molecule has 1 saturated heterocycles. The molecule has 1 fully saturated rings. The van der Waals surface area contributed by atoms with Gasteiger partial charge in [0.05, 0.1) is 24.3 Å². The van der Waals surface area contributed by atoms with Gasteiger partial charge in [0, 0.05) is 6.61 Å². The lowest BCUT2D eigenvalue weighted by molar-refractivity contribution is 0.0366. The molecule has 0 radical (unpaired) electrons. The van der Waals surface area contributed by atoms with Crippen molar-refractivity contribution in [3.8, 4) is 5.75 Å². The van der Waals surface area contributed by atoms with E-state index in [0.717, 1.165) is 25.0 Å². The standard InChI is InChI=1S/C12H16ClNO2/c1-15-11-7-9(3-4-10(11)13)12(14)5-2-6-16-8-12/h3-4,7H,2,5-6,8,14H2,1H3. The summed E-state index contributed by atoms with van der Waals surface area (Å²) in [5, 5.41) is 0.603. The smallest absolute Gasteiger partial charge is 0.137 e. The number of nitrogens with two attached hydrogens (primary N) is 1. The lowest BCUT2D eigenvalue weighted by Crippen LogP contribution is -2.44. The van der Waals surface area contributed by atoms with Crippen LogP contribution in [-0.2, 0) is 10.3 Å². The highest BCUT2D eigenvalue weighted by molar-refractivity contribution is 6.32. The van der Waals surface area contributed by atoms with Crippen molar-refractivity contribution in [3.63, 3.8) is 0 Å². The zero-order valence-electron chi connectivity index (χ0n) is 9.33. The zero-order valence-corrected chi connectivity index (χ0v) is 10.1. The van der Waals surface area contributed by atoms with Gasteiger partial charge in [0.1, 0.15) is 5.75 Å². The second-order valence-corrected chi connectivity index (χ2v) is 4.57. The van der Waals surface area contributed by atoms with Crippen molar-refractivity contribution in [1.29, 1.82) is 0 Å². The molecular formula is C12H16ClNO2. The van der Waals surface area contributed by atoms with Crippen LogP contribution in [0.3, 0.4) is 0 Å². The molecule has 1 aromatic carbocycles. The molecule has 0 aromatic heterocycles. The molecule has 2 rings (SSSR count). The van der Waals surface area contributed by atoms with Crippen molar-refractivity contribution in [2.24, 2.45) is 5.73 Å². The van der Waals surface area contributed by atoms with Gasteiger partial charge < -0.3 is 15.2 Å². The first-order valence-electron chi connectivity index (χ1n) is 5.36. The monoisotopic (exact) mass is 241 g/mol. The van der Waals surface area contributed by atoms with Crippen LogP contribution < -0.4 is 10.5 Å². The van der Waals surface area contributed by atoms with E-state index in [1.807, 2.05) is 18.2 Å². The first-order valence-corrected chi connectivity index (χ1v) is 5.74. The third-order valence-electron chi connectivity index (χ3n) is 3.00. The second-order valence-electron chi connectivity index (χ2n) is 4.16. The van der Waals surface area contributed by atoms with Crippen molar-refractivity contribution in [3.05, 3.63) is 28.8 Å². The van der Waals surface area contributed by atoms with Gasteiger partial charge in [0.2, 0.25) is 0 Å². The Labute approximate surface area is 100 Å². The lowest BCUT2D eigenvalue weighted by Gasteiger charge is -2.33. The molecule has 1 aliphatic rings. The lowest BCUT2D eigenvalue weighted by atomic mass is 9.86. The average Bonchev–Trinajstić information content (AvgIpc) is 2.30. The summed E-state index contributed by atoms with van der Waals surface area (Å²) >= 11 is 5.98. The van der Waals surface area contributed by atoms with Gasteiger partial charge in [-0.1, -0.05) is 17.7 Å². The number of rotatable bonds is 2. The van der Waals surface area contributed by atoms with E-state index >= 15 is 0 Å². The van der Waals surface area contributed by atoms with Gasteiger partial charge in [-0.25, -0.2) is 0 Å². The fourth-order valence-electron chi connectivity index (χ4n) is 2.01. The van der Waals surface area contributed by atoms with Gasteiger partial charge in [0.25, 0.3) is 0 Å². The fourth-order valence-corrected chi connectivity index (χ4v) is 2.21. The quantitative estimate of drug-likeness (QED) is 0.864. The maximum atomic E-state index is 6.33. The third-order valence-corrected chi connectivity index (χ3v) is 3.31. The molecule has 1 atom stereocenters. The highest BCUT2D eigenvalue weighted by Gasteiger charge is 2.30. The van der Waals surface area contributed by atoms with Gasteiger partial charge in [0.15, 0.2) is 0 Å². The Bertz CT molecular complexity index is 375. The molecule has 1 heterocycles. The first kappa shape index (κ1) is 11.7. The summed E-state index contributed by atoms with van der Waals surface area (Å²) in [4.78, 5) is 0. The summed E-state index contributed by atoms with van der Waals surface area (Å²) in [6.45, 7) is 1.35. The van der Waals surface area contributed by atoms with E-state index in [1.165, 1.54) is 0 Å². The van der Waals surface area contributed by atoms with Crippen molar-refractivity contribution in [2.45, 2.75) is 18.4 Å². The number of halogens is 1. The molecule has 0 aliphatic carbocycles. The molecular weight excluding hydrogens is 226 g/mol. The molecule has 4 heteroatoms. The minimum Gasteiger partial charge on any atom is -0.495 e. The Kier molecular flexibility index (Phi) is 3.38. The predicted octanol–water partition coefficient (Wildman–Crippen LogP) is 2.31. The van der Waals surface area contributed by atoms with Gasteiger partial charge in [-0.2, -0.15) is 0 Å². The maximum Gasteiger partial charge on any atom is 0.137 e. The SMILES string of the molecule is COc1cc(C2(N)CCCOC2)ccc1Cl. The summed E-state index contributed by atoms with van der Waals surface area (Å²) in [6.07, 6.45) is 1.92. The van der Waals surface area contributed by atoms with E-state index < -0.39 is 5.54 Å². The Morgan fingerprint density at radius 2 is 2.31 bits per heavy atom. The Balaban J connectivity index is 2.32. The third kappa shape index (κ3) is 2.17. The minimum atomic E-state index is -0.407. The highest BCUT2D eigenvalue weighted by atomic mass is 35.5. The summed E-state index contributed by atoms with van der Waals surface area (Å²) in [6, 6.07) is 5.66.